The number of fused-ring (bicyclic) bond motifs is 1. The number of nitrogens with two attached hydrogens (primary N) is 1. The summed E-state index contributed by atoms with van der Waals surface area (Å²) in [4.78, 5) is 17.8. The average Bonchev–Trinajstić information content (AvgIpc) is 3.21. The molecular weight excluding hydrogens is 425 g/mol. The third kappa shape index (κ3) is 3.52. The van der Waals surface area contributed by atoms with E-state index in [1.165, 1.54) is 25.0 Å². The smallest absolute Gasteiger partial charge is 0.256 e. The van der Waals surface area contributed by atoms with Crippen LogP contribution in [0.3, 0.4) is 0 Å². The molecule has 2 heterocycles. The van der Waals surface area contributed by atoms with Crippen LogP contribution < -0.4 is 20.9 Å². The van der Waals surface area contributed by atoms with Crippen LogP contribution in [0.15, 0.2) is 45.7 Å². The lowest BCUT2D eigenvalue weighted by molar-refractivity contribution is 0.332. The maximum absolute atomic E-state index is 13.6. The van der Waals surface area contributed by atoms with Crippen molar-refractivity contribution in [1.29, 1.82) is 0 Å². The highest BCUT2D eigenvalue weighted by Gasteiger charge is 2.19. The Hall–Kier alpha value is -2.38. The summed E-state index contributed by atoms with van der Waals surface area (Å²) >= 11 is 3.67. The van der Waals surface area contributed by atoms with Gasteiger partial charge in [-0.2, -0.15) is 0 Å². The van der Waals surface area contributed by atoms with Crippen molar-refractivity contribution in [2.75, 3.05) is 31.1 Å². The van der Waals surface area contributed by atoms with Gasteiger partial charge in [0.1, 0.15) is 12.4 Å². The number of nitrogens with zero attached hydrogens (tertiary/aromatic N) is 1. The normalized spacial score (nSPS) is 14.0. The number of pyridine rings is 1. The van der Waals surface area contributed by atoms with Crippen LogP contribution in [-0.2, 0) is 0 Å². The van der Waals surface area contributed by atoms with Gasteiger partial charge in [-0.3, -0.25) is 4.79 Å². The van der Waals surface area contributed by atoms with Gasteiger partial charge in [-0.15, -0.1) is 0 Å². The zero-order valence-corrected chi connectivity index (χ0v) is 16.9. The molecule has 28 heavy (non-hydrogen) atoms. The van der Waals surface area contributed by atoms with Gasteiger partial charge in [-0.1, -0.05) is 6.07 Å². The summed E-state index contributed by atoms with van der Waals surface area (Å²) in [5, 5.41) is 0.817. The standard InChI is InChI=1S/C21H21BrFN3O2/c22-17-11-13(3-6-18(17)26-8-1-2-9-26)19-20(28-10-7-24)15-5-4-14(23)12-16(15)21(27)25-19/h3-6,11-12H,1-2,7-10,24H2,(H,25,27). The van der Waals surface area contributed by atoms with E-state index in [1.807, 2.05) is 18.2 Å². The number of nitrogens with one attached hydrogen (secondary N) is 1. The SMILES string of the molecule is NCCOc1c(-c2ccc(N3CCCC3)c(Br)c2)[nH]c(=O)c2cc(F)ccc12. The average molecular weight is 446 g/mol. The topological polar surface area (TPSA) is 71.3 Å². The summed E-state index contributed by atoms with van der Waals surface area (Å²) in [6, 6.07) is 10.1. The van der Waals surface area contributed by atoms with E-state index < -0.39 is 5.82 Å². The Bertz CT molecular complexity index is 1080. The molecule has 5 nitrogen and oxygen atoms in total. The van der Waals surface area contributed by atoms with Gasteiger partial charge in [-0.25, -0.2) is 4.39 Å². The molecule has 0 saturated carbocycles. The minimum atomic E-state index is -0.465. The van der Waals surface area contributed by atoms with Crippen molar-refractivity contribution in [3.8, 4) is 17.0 Å². The van der Waals surface area contributed by atoms with Crippen LogP contribution in [0, 0.1) is 5.82 Å². The van der Waals surface area contributed by atoms with Crippen LogP contribution >= 0.6 is 15.9 Å². The molecule has 0 bridgehead atoms. The number of ether oxygens (including phenoxy) is 1. The van der Waals surface area contributed by atoms with E-state index in [4.69, 9.17) is 10.5 Å². The fraction of sp³-hybridized carbons (Fsp3) is 0.286. The first-order valence-electron chi connectivity index (χ1n) is 9.32. The maximum Gasteiger partial charge on any atom is 0.256 e. The molecule has 2 aromatic carbocycles. The molecule has 146 valence electrons. The zero-order chi connectivity index (χ0) is 19.7. The van der Waals surface area contributed by atoms with Gasteiger partial charge in [0.25, 0.3) is 5.56 Å². The zero-order valence-electron chi connectivity index (χ0n) is 15.3. The molecule has 0 unspecified atom stereocenters. The van der Waals surface area contributed by atoms with E-state index >= 15 is 0 Å². The van der Waals surface area contributed by atoms with Crippen molar-refractivity contribution in [2.24, 2.45) is 5.73 Å². The van der Waals surface area contributed by atoms with Gasteiger partial charge in [0.2, 0.25) is 0 Å². The Morgan fingerprint density at radius 3 is 2.64 bits per heavy atom. The predicted molar refractivity (Wildman–Crippen MR) is 114 cm³/mol. The lowest BCUT2D eigenvalue weighted by atomic mass is 10.0. The predicted octanol–water partition coefficient (Wildman–Crippen LogP) is 4.03. The third-order valence-corrected chi connectivity index (χ3v) is 5.62. The van der Waals surface area contributed by atoms with Crippen molar-refractivity contribution >= 4 is 32.4 Å². The van der Waals surface area contributed by atoms with Gasteiger partial charge >= 0.3 is 0 Å². The number of aromatic nitrogens is 1. The third-order valence-electron chi connectivity index (χ3n) is 4.98. The minimum absolute atomic E-state index is 0.253. The Morgan fingerprint density at radius 1 is 1.14 bits per heavy atom. The first kappa shape index (κ1) is 19.0. The fourth-order valence-electron chi connectivity index (χ4n) is 3.67. The van der Waals surface area contributed by atoms with Gasteiger partial charge in [0, 0.05) is 35.1 Å². The van der Waals surface area contributed by atoms with Crippen LogP contribution in [0.5, 0.6) is 5.75 Å². The summed E-state index contributed by atoms with van der Waals surface area (Å²) in [6.45, 7) is 2.71. The van der Waals surface area contributed by atoms with Gasteiger partial charge in [-0.05, 0) is 59.1 Å². The highest BCUT2D eigenvalue weighted by atomic mass is 79.9. The molecule has 0 amide bonds. The largest absolute Gasteiger partial charge is 0.489 e. The Balaban J connectivity index is 1.86. The summed E-state index contributed by atoms with van der Waals surface area (Å²) in [7, 11) is 0. The van der Waals surface area contributed by atoms with Crippen LogP contribution in [0.1, 0.15) is 12.8 Å². The number of benzene rings is 2. The molecular formula is C21H21BrFN3O2. The second kappa shape index (κ2) is 7.93. The van der Waals surface area contributed by atoms with Crippen molar-refractivity contribution in [3.05, 3.63) is 57.0 Å². The van der Waals surface area contributed by atoms with Crippen LogP contribution in [0.25, 0.3) is 22.0 Å². The molecule has 7 heteroatoms. The van der Waals surface area contributed by atoms with E-state index in [0.29, 0.717) is 30.0 Å². The molecule has 1 saturated heterocycles. The van der Waals surface area contributed by atoms with Gasteiger partial charge in [0.05, 0.1) is 16.8 Å². The van der Waals surface area contributed by atoms with Crippen molar-refractivity contribution in [2.45, 2.75) is 12.8 Å². The van der Waals surface area contributed by atoms with Crippen molar-refractivity contribution in [1.82, 2.24) is 4.98 Å². The minimum Gasteiger partial charge on any atom is -0.489 e. The number of halogens is 2. The van der Waals surface area contributed by atoms with E-state index in [2.05, 4.69) is 25.8 Å². The van der Waals surface area contributed by atoms with Crippen LogP contribution in [0.4, 0.5) is 10.1 Å². The quantitative estimate of drug-likeness (QED) is 0.621. The lowest BCUT2D eigenvalue weighted by Crippen LogP contribution is -2.18. The fourth-order valence-corrected chi connectivity index (χ4v) is 4.30. The monoisotopic (exact) mass is 445 g/mol. The first-order valence-corrected chi connectivity index (χ1v) is 10.1. The Morgan fingerprint density at radius 2 is 1.93 bits per heavy atom. The molecule has 0 atom stereocenters. The van der Waals surface area contributed by atoms with E-state index in [0.717, 1.165) is 28.8 Å². The van der Waals surface area contributed by atoms with Gasteiger partial charge < -0.3 is 20.4 Å². The molecule has 4 rings (SSSR count). The highest BCUT2D eigenvalue weighted by molar-refractivity contribution is 9.10. The number of rotatable bonds is 5. The van der Waals surface area contributed by atoms with Crippen LogP contribution in [0.2, 0.25) is 0 Å². The summed E-state index contributed by atoms with van der Waals surface area (Å²) in [5.74, 6) is 0.0362. The molecule has 3 N–H and O–H groups in total. The van der Waals surface area contributed by atoms with Crippen molar-refractivity contribution < 1.29 is 9.13 Å². The second-order valence-corrected chi connectivity index (χ2v) is 7.70. The summed E-state index contributed by atoms with van der Waals surface area (Å²) < 4.78 is 20.5. The summed E-state index contributed by atoms with van der Waals surface area (Å²) in [5.41, 5.74) is 7.76. The van der Waals surface area contributed by atoms with Crippen molar-refractivity contribution in [3.63, 3.8) is 0 Å². The molecule has 0 aliphatic carbocycles. The molecule has 0 radical (unpaired) electrons. The molecule has 1 aromatic heterocycles. The van der Waals surface area contributed by atoms with E-state index in [1.54, 1.807) is 6.07 Å². The molecule has 1 aliphatic rings. The number of H-pyrrole nitrogens is 1. The summed E-state index contributed by atoms with van der Waals surface area (Å²) in [6.07, 6.45) is 2.39. The second-order valence-electron chi connectivity index (χ2n) is 6.85. The first-order chi connectivity index (χ1) is 13.6. The maximum atomic E-state index is 13.6. The molecule has 0 spiro atoms. The van der Waals surface area contributed by atoms with Gasteiger partial charge in [0.15, 0.2) is 5.75 Å². The number of hydrogen-bond acceptors (Lipinski definition) is 4. The van der Waals surface area contributed by atoms with E-state index in [-0.39, 0.29) is 10.9 Å². The molecule has 1 fully saturated rings. The van der Waals surface area contributed by atoms with Crippen LogP contribution in [-0.4, -0.2) is 31.2 Å². The number of aromatic amines is 1. The Labute approximate surface area is 170 Å². The number of anilines is 1. The molecule has 1 aliphatic heterocycles. The Kier molecular flexibility index (Phi) is 5.37. The lowest BCUT2D eigenvalue weighted by Gasteiger charge is -2.20. The van der Waals surface area contributed by atoms with E-state index in [9.17, 15) is 9.18 Å². The highest BCUT2D eigenvalue weighted by Crippen LogP contribution is 2.38. The number of hydrogen-bond donors (Lipinski definition) is 2. The molecule has 3 aromatic rings.